The van der Waals surface area contributed by atoms with E-state index < -0.39 is 0 Å². The van der Waals surface area contributed by atoms with Crippen LogP contribution in [0.3, 0.4) is 0 Å². The Kier molecular flexibility index (Phi) is 4.18. The number of fused-ring (bicyclic) bond motifs is 1. The van der Waals surface area contributed by atoms with E-state index in [1.165, 1.54) is 19.3 Å². The maximum Gasteiger partial charge on any atom is 0.178 e. The van der Waals surface area contributed by atoms with E-state index in [1.807, 2.05) is 20.0 Å². The SMILES string of the molecule is Cc1cc(C(=O)CN2CCOC3CCCCC32)c(C)n1C. The van der Waals surface area contributed by atoms with Crippen molar-refractivity contribution in [3.05, 3.63) is 23.0 Å². The number of hydrogen-bond donors (Lipinski definition) is 0. The summed E-state index contributed by atoms with van der Waals surface area (Å²) in [6, 6.07) is 2.47. The van der Waals surface area contributed by atoms with Crippen LogP contribution in [-0.4, -0.2) is 47.1 Å². The number of Topliss-reactive ketones (excluding diaryl/α,β-unsaturated/α-hetero) is 1. The smallest absolute Gasteiger partial charge is 0.178 e. The van der Waals surface area contributed by atoms with Gasteiger partial charge in [0.05, 0.1) is 19.3 Å². The van der Waals surface area contributed by atoms with Crippen LogP contribution in [0.25, 0.3) is 0 Å². The van der Waals surface area contributed by atoms with E-state index in [-0.39, 0.29) is 5.78 Å². The number of aromatic nitrogens is 1. The van der Waals surface area contributed by atoms with Crippen LogP contribution < -0.4 is 0 Å². The number of ether oxygens (including phenoxy) is 1. The van der Waals surface area contributed by atoms with Crippen molar-refractivity contribution in [3.8, 4) is 0 Å². The van der Waals surface area contributed by atoms with Gasteiger partial charge >= 0.3 is 0 Å². The number of rotatable bonds is 3. The molecule has 0 aromatic carbocycles. The Morgan fingerprint density at radius 3 is 2.81 bits per heavy atom. The van der Waals surface area contributed by atoms with Crippen molar-refractivity contribution in [1.29, 1.82) is 0 Å². The molecule has 0 amide bonds. The fourth-order valence-electron chi connectivity index (χ4n) is 3.78. The van der Waals surface area contributed by atoms with E-state index in [9.17, 15) is 4.79 Å². The molecular formula is C17H26N2O2. The zero-order valence-corrected chi connectivity index (χ0v) is 13.4. The summed E-state index contributed by atoms with van der Waals surface area (Å²) in [6.45, 7) is 6.27. The van der Waals surface area contributed by atoms with Gasteiger partial charge in [0.1, 0.15) is 0 Å². The van der Waals surface area contributed by atoms with Gasteiger partial charge in [-0.05, 0) is 32.8 Å². The van der Waals surface area contributed by atoms with Crippen molar-refractivity contribution in [3.63, 3.8) is 0 Å². The minimum Gasteiger partial charge on any atom is -0.375 e. The number of nitrogens with zero attached hydrogens (tertiary/aromatic N) is 2. The molecule has 0 bridgehead atoms. The number of aryl methyl sites for hydroxylation is 1. The van der Waals surface area contributed by atoms with Gasteiger partial charge < -0.3 is 9.30 Å². The zero-order chi connectivity index (χ0) is 15.0. The molecule has 4 nitrogen and oxygen atoms in total. The van der Waals surface area contributed by atoms with Gasteiger partial charge in [0, 0.05) is 36.6 Å². The molecule has 2 unspecified atom stereocenters. The molecular weight excluding hydrogens is 264 g/mol. The van der Waals surface area contributed by atoms with Crippen molar-refractivity contribution in [2.45, 2.75) is 51.7 Å². The van der Waals surface area contributed by atoms with Crippen LogP contribution >= 0.6 is 0 Å². The molecule has 116 valence electrons. The van der Waals surface area contributed by atoms with Gasteiger partial charge in [-0.15, -0.1) is 0 Å². The van der Waals surface area contributed by atoms with Crippen LogP contribution in [0.4, 0.5) is 0 Å². The van der Waals surface area contributed by atoms with Gasteiger partial charge in [0.2, 0.25) is 0 Å². The molecule has 1 saturated heterocycles. The normalized spacial score (nSPS) is 26.6. The van der Waals surface area contributed by atoms with Gasteiger partial charge in [-0.3, -0.25) is 9.69 Å². The summed E-state index contributed by atoms with van der Waals surface area (Å²) in [6.07, 6.45) is 5.20. The molecule has 1 aliphatic heterocycles. The van der Waals surface area contributed by atoms with E-state index in [4.69, 9.17) is 4.74 Å². The number of morpholine rings is 1. The standard InChI is InChI=1S/C17H26N2O2/c1-12-10-14(13(2)18(12)3)16(20)11-19-8-9-21-17-7-5-4-6-15(17)19/h10,15,17H,4-9,11H2,1-3H3. The lowest BCUT2D eigenvalue weighted by molar-refractivity contribution is -0.0846. The summed E-state index contributed by atoms with van der Waals surface area (Å²) in [7, 11) is 2.02. The molecule has 4 heteroatoms. The van der Waals surface area contributed by atoms with Crippen molar-refractivity contribution < 1.29 is 9.53 Å². The first-order valence-electron chi connectivity index (χ1n) is 8.09. The highest BCUT2D eigenvalue weighted by atomic mass is 16.5. The summed E-state index contributed by atoms with van der Waals surface area (Å²) in [5, 5.41) is 0. The Morgan fingerprint density at radius 2 is 2.10 bits per heavy atom. The van der Waals surface area contributed by atoms with Crippen LogP contribution in [0, 0.1) is 13.8 Å². The average molecular weight is 290 g/mol. The molecule has 2 atom stereocenters. The van der Waals surface area contributed by atoms with Gasteiger partial charge in [0.25, 0.3) is 0 Å². The first-order valence-corrected chi connectivity index (χ1v) is 8.09. The quantitative estimate of drug-likeness (QED) is 0.802. The fourth-order valence-corrected chi connectivity index (χ4v) is 3.78. The summed E-state index contributed by atoms with van der Waals surface area (Å²) < 4.78 is 7.98. The van der Waals surface area contributed by atoms with Crippen molar-refractivity contribution in [2.24, 2.45) is 7.05 Å². The Hall–Kier alpha value is -1.13. The van der Waals surface area contributed by atoms with Gasteiger partial charge in [-0.25, -0.2) is 0 Å². The second-order valence-electron chi connectivity index (χ2n) is 6.50. The predicted octanol–water partition coefficient (Wildman–Crippen LogP) is 2.47. The summed E-state index contributed by atoms with van der Waals surface area (Å²) in [5.74, 6) is 0.252. The minimum absolute atomic E-state index is 0.252. The first kappa shape index (κ1) is 14.8. The molecule has 3 rings (SSSR count). The van der Waals surface area contributed by atoms with E-state index >= 15 is 0 Å². The van der Waals surface area contributed by atoms with Crippen molar-refractivity contribution >= 4 is 5.78 Å². The molecule has 1 aliphatic carbocycles. The lowest BCUT2D eigenvalue weighted by Gasteiger charge is -2.43. The molecule has 2 aliphatic rings. The molecule has 21 heavy (non-hydrogen) atoms. The van der Waals surface area contributed by atoms with Crippen LogP contribution in [0.15, 0.2) is 6.07 Å². The van der Waals surface area contributed by atoms with Crippen LogP contribution in [0.1, 0.15) is 47.4 Å². The number of carbonyl (C=O) groups excluding carboxylic acids is 1. The Labute approximate surface area is 127 Å². The highest BCUT2D eigenvalue weighted by Crippen LogP contribution is 2.28. The lowest BCUT2D eigenvalue weighted by atomic mass is 9.90. The molecule has 1 aromatic heterocycles. The van der Waals surface area contributed by atoms with Crippen molar-refractivity contribution in [2.75, 3.05) is 19.7 Å². The predicted molar refractivity (Wildman–Crippen MR) is 82.8 cm³/mol. The van der Waals surface area contributed by atoms with Crippen LogP contribution in [-0.2, 0) is 11.8 Å². The lowest BCUT2D eigenvalue weighted by Crippen LogP contribution is -2.53. The highest BCUT2D eigenvalue weighted by Gasteiger charge is 2.35. The second kappa shape index (κ2) is 5.93. The molecule has 1 aromatic rings. The molecule has 0 N–H and O–H groups in total. The molecule has 0 spiro atoms. The molecule has 2 heterocycles. The van der Waals surface area contributed by atoms with E-state index in [1.54, 1.807) is 0 Å². The summed E-state index contributed by atoms with van der Waals surface area (Å²) in [4.78, 5) is 15.0. The van der Waals surface area contributed by atoms with Gasteiger partial charge in [-0.1, -0.05) is 12.8 Å². The Bertz CT molecular complexity index is 533. The monoisotopic (exact) mass is 290 g/mol. The number of ketones is 1. The Balaban J connectivity index is 1.72. The molecule has 2 fully saturated rings. The zero-order valence-electron chi connectivity index (χ0n) is 13.4. The van der Waals surface area contributed by atoms with Crippen LogP contribution in [0.2, 0.25) is 0 Å². The maximum atomic E-state index is 12.7. The summed E-state index contributed by atoms with van der Waals surface area (Å²) >= 11 is 0. The van der Waals surface area contributed by atoms with Gasteiger partial charge in [-0.2, -0.15) is 0 Å². The maximum absolute atomic E-state index is 12.7. The largest absolute Gasteiger partial charge is 0.375 e. The third kappa shape index (κ3) is 2.79. The summed E-state index contributed by atoms with van der Waals surface area (Å²) in [5.41, 5.74) is 3.10. The topological polar surface area (TPSA) is 34.5 Å². The highest BCUT2D eigenvalue weighted by molar-refractivity contribution is 5.99. The number of hydrogen-bond acceptors (Lipinski definition) is 3. The van der Waals surface area contributed by atoms with E-state index in [0.29, 0.717) is 18.7 Å². The minimum atomic E-state index is 0.252. The first-order chi connectivity index (χ1) is 10.1. The number of carbonyl (C=O) groups is 1. The van der Waals surface area contributed by atoms with E-state index in [2.05, 4.69) is 16.4 Å². The average Bonchev–Trinajstić information content (AvgIpc) is 2.75. The van der Waals surface area contributed by atoms with E-state index in [0.717, 1.165) is 36.5 Å². The third-order valence-electron chi connectivity index (χ3n) is 5.27. The van der Waals surface area contributed by atoms with Crippen molar-refractivity contribution in [1.82, 2.24) is 9.47 Å². The van der Waals surface area contributed by atoms with Crippen LogP contribution in [0.5, 0.6) is 0 Å². The third-order valence-corrected chi connectivity index (χ3v) is 5.27. The second-order valence-corrected chi connectivity index (χ2v) is 6.50. The Morgan fingerprint density at radius 1 is 1.33 bits per heavy atom. The fraction of sp³-hybridized carbons (Fsp3) is 0.706. The van der Waals surface area contributed by atoms with Gasteiger partial charge in [0.15, 0.2) is 5.78 Å². The molecule has 1 saturated carbocycles. The molecule has 0 radical (unpaired) electrons.